The highest BCUT2D eigenvalue weighted by Crippen LogP contribution is 2.35. The lowest BCUT2D eigenvalue weighted by atomic mass is 9.97. The van der Waals surface area contributed by atoms with Crippen LogP contribution in [0, 0.1) is 11.8 Å². The number of aliphatic carboxylic acids is 1. The van der Waals surface area contributed by atoms with Crippen LogP contribution in [0.4, 0.5) is 0 Å². The fourth-order valence-electron chi connectivity index (χ4n) is 5.45. The van der Waals surface area contributed by atoms with E-state index in [0.29, 0.717) is 17.4 Å². The van der Waals surface area contributed by atoms with E-state index in [0.717, 1.165) is 80.6 Å². The van der Waals surface area contributed by atoms with E-state index in [9.17, 15) is 14.7 Å². The predicted molar refractivity (Wildman–Crippen MR) is 189 cm³/mol. The van der Waals surface area contributed by atoms with Crippen molar-refractivity contribution >= 4 is 35.5 Å². The maximum atomic E-state index is 11.6. The Morgan fingerprint density at radius 3 is 2.43 bits per heavy atom. The number of nitrogens with zero attached hydrogens (tertiary/aromatic N) is 5. The number of aromatic hydroxyl groups is 1. The summed E-state index contributed by atoms with van der Waals surface area (Å²) >= 11 is 0. The van der Waals surface area contributed by atoms with Crippen molar-refractivity contribution in [1.82, 2.24) is 14.8 Å². The van der Waals surface area contributed by atoms with Crippen LogP contribution >= 0.6 is 0 Å². The zero-order valence-corrected chi connectivity index (χ0v) is 27.0. The molecule has 3 aromatic rings. The lowest BCUT2D eigenvalue weighted by Crippen LogP contribution is -2.47. The van der Waals surface area contributed by atoms with E-state index >= 15 is 0 Å². The van der Waals surface area contributed by atoms with Gasteiger partial charge in [0.05, 0.1) is 11.3 Å². The van der Waals surface area contributed by atoms with Gasteiger partial charge in [-0.25, -0.2) is 4.79 Å². The number of hydrogen-bond acceptors (Lipinski definition) is 8. The van der Waals surface area contributed by atoms with Crippen LogP contribution in [0.1, 0.15) is 49.0 Å². The molecule has 0 atom stereocenters. The lowest BCUT2D eigenvalue weighted by molar-refractivity contribution is -0.129. The highest BCUT2D eigenvalue weighted by molar-refractivity contribution is 6.40. The predicted octanol–water partition coefficient (Wildman–Crippen LogP) is 6.15. The number of phenols is 1. The van der Waals surface area contributed by atoms with Crippen LogP contribution in [0.5, 0.6) is 5.75 Å². The van der Waals surface area contributed by atoms with Gasteiger partial charge in [-0.2, -0.15) is 5.10 Å². The third kappa shape index (κ3) is 9.42. The van der Waals surface area contributed by atoms with Gasteiger partial charge in [-0.3, -0.25) is 14.7 Å². The standard InChI is InChI=1S/C38H41N5O4/c1-4-6-11-30(26-43-22-20-42(21-23-43)19-10-9-14-36(38(46)47)41-39-3)29(5-2)17-15-28-16-18-35(40-25-28)34-24-31(27-44)37(45)33-13-8-7-12-32(33)34/h6-9,11-14,16,18,24-25,27,45H,3-5,10,19-23,26H2,1-2H3,(H,46,47)/b11-6-,14-9-,30-29-,41-36+. The highest BCUT2D eigenvalue weighted by atomic mass is 16.4. The van der Waals surface area contributed by atoms with Crippen molar-refractivity contribution in [2.24, 2.45) is 10.2 Å². The summed E-state index contributed by atoms with van der Waals surface area (Å²) in [6, 6.07) is 12.9. The van der Waals surface area contributed by atoms with E-state index in [1.165, 1.54) is 11.6 Å². The van der Waals surface area contributed by atoms with Crippen LogP contribution in [0.3, 0.4) is 0 Å². The van der Waals surface area contributed by atoms with Gasteiger partial charge in [-0.15, -0.1) is 5.10 Å². The van der Waals surface area contributed by atoms with Crippen LogP contribution in [0.2, 0.25) is 0 Å². The summed E-state index contributed by atoms with van der Waals surface area (Å²) in [6.07, 6.45) is 12.6. The molecule has 9 nitrogen and oxygen atoms in total. The number of benzene rings is 2. The molecular formula is C38H41N5O4. The Morgan fingerprint density at radius 1 is 1.04 bits per heavy atom. The Labute approximate surface area is 276 Å². The minimum atomic E-state index is -1.12. The molecule has 0 unspecified atom stereocenters. The molecule has 2 N–H and O–H groups in total. The molecule has 1 aromatic heterocycles. The second-order valence-corrected chi connectivity index (χ2v) is 11.1. The summed E-state index contributed by atoms with van der Waals surface area (Å²) in [5.41, 5.74) is 4.69. The topological polar surface area (TPSA) is 119 Å². The molecule has 1 saturated heterocycles. The second-order valence-electron chi connectivity index (χ2n) is 11.1. The van der Waals surface area contributed by atoms with Crippen LogP contribution in [-0.2, 0) is 4.79 Å². The fourth-order valence-corrected chi connectivity index (χ4v) is 5.45. The van der Waals surface area contributed by atoms with Crippen molar-refractivity contribution in [1.29, 1.82) is 0 Å². The minimum absolute atomic E-state index is 0.0231. The first-order chi connectivity index (χ1) is 22.9. The Balaban J connectivity index is 1.44. The van der Waals surface area contributed by atoms with Crippen molar-refractivity contribution in [3.63, 3.8) is 0 Å². The summed E-state index contributed by atoms with van der Waals surface area (Å²) in [5, 5.41) is 27.9. The molecule has 242 valence electrons. The largest absolute Gasteiger partial charge is 0.507 e. The van der Waals surface area contributed by atoms with Crippen LogP contribution < -0.4 is 0 Å². The minimum Gasteiger partial charge on any atom is -0.507 e. The number of carboxylic acid groups (broad SMARTS) is 1. The molecule has 0 aliphatic carbocycles. The molecule has 4 rings (SSSR count). The number of pyridine rings is 1. The number of fused-ring (bicyclic) bond motifs is 1. The van der Waals surface area contributed by atoms with Crippen LogP contribution in [-0.4, -0.2) is 89.0 Å². The first-order valence-electron chi connectivity index (χ1n) is 15.8. The van der Waals surface area contributed by atoms with Crippen LogP contribution in [0.25, 0.3) is 22.0 Å². The van der Waals surface area contributed by atoms with Gasteiger partial charge in [0.2, 0.25) is 0 Å². The van der Waals surface area contributed by atoms with Gasteiger partial charge >= 0.3 is 5.97 Å². The maximum absolute atomic E-state index is 11.6. The summed E-state index contributed by atoms with van der Waals surface area (Å²) in [4.78, 5) is 32.3. The Bertz CT molecular complexity index is 1770. The van der Waals surface area contributed by atoms with Gasteiger partial charge in [0.1, 0.15) is 5.75 Å². The molecule has 2 heterocycles. The molecule has 0 amide bonds. The number of phenolic OH excluding ortho intramolecular Hbond substituents is 1. The SMILES string of the molecule is C=N/N=C(\C=C/CCN1CCN(CC(/C=C\CC)=C(\C#Cc2ccc(-c3cc(C=O)c(O)c4ccccc34)nc2)CC)CC1)C(=O)O. The third-order valence-electron chi connectivity index (χ3n) is 8.01. The van der Waals surface area contributed by atoms with Gasteiger partial charge in [-0.05, 0) is 54.5 Å². The molecular weight excluding hydrogens is 590 g/mol. The summed E-state index contributed by atoms with van der Waals surface area (Å²) in [7, 11) is 0. The molecule has 0 bridgehead atoms. The Morgan fingerprint density at radius 2 is 1.79 bits per heavy atom. The summed E-state index contributed by atoms with van der Waals surface area (Å²) < 4.78 is 0. The van der Waals surface area contributed by atoms with Crippen molar-refractivity contribution in [2.45, 2.75) is 33.1 Å². The normalized spacial score (nSPS) is 15.1. The molecule has 0 saturated carbocycles. The fraction of sp³-hybridized carbons (Fsp3) is 0.289. The smallest absolute Gasteiger partial charge is 0.356 e. The molecule has 1 fully saturated rings. The number of carbonyl (C=O) groups excluding carboxylic acids is 1. The Kier molecular flexibility index (Phi) is 12.9. The van der Waals surface area contributed by atoms with Crippen molar-refractivity contribution in [3.05, 3.63) is 95.2 Å². The number of carboxylic acids is 1. The number of carbonyl (C=O) groups is 2. The second kappa shape index (κ2) is 17.5. The van der Waals surface area contributed by atoms with Crippen LogP contribution in [0.15, 0.2) is 94.3 Å². The monoisotopic (exact) mass is 631 g/mol. The van der Waals surface area contributed by atoms with Gasteiger partial charge in [-0.1, -0.05) is 68.2 Å². The summed E-state index contributed by atoms with van der Waals surface area (Å²) in [6.45, 7) is 12.9. The van der Waals surface area contributed by atoms with E-state index in [-0.39, 0.29) is 17.0 Å². The van der Waals surface area contributed by atoms with E-state index < -0.39 is 5.97 Å². The lowest BCUT2D eigenvalue weighted by Gasteiger charge is -2.35. The van der Waals surface area contributed by atoms with Crippen molar-refractivity contribution in [2.75, 3.05) is 39.3 Å². The highest BCUT2D eigenvalue weighted by Gasteiger charge is 2.18. The zero-order chi connectivity index (χ0) is 33.6. The average Bonchev–Trinajstić information content (AvgIpc) is 3.09. The van der Waals surface area contributed by atoms with Crippen molar-refractivity contribution < 1.29 is 19.8 Å². The van der Waals surface area contributed by atoms with Gasteiger partial charge < -0.3 is 15.1 Å². The number of piperazine rings is 1. The zero-order valence-electron chi connectivity index (χ0n) is 27.0. The number of rotatable bonds is 13. The number of allylic oxidation sites excluding steroid dienone is 2. The first-order valence-corrected chi connectivity index (χ1v) is 15.8. The number of aldehydes is 1. The molecule has 47 heavy (non-hydrogen) atoms. The molecule has 2 aromatic carbocycles. The van der Waals surface area contributed by atoms with Gasteiger partial charge in [0, 0.05) is 74.3 Å². The van der Waals surface area contributed by atoms with E-state index in [4.69, 9.17) is 5.11 Å². The number of aromatic nitrogens is 1. The molecule has 1 aliphatic heterocycles. The quantitative estimate of drug-likeness (QED) is 0.0764. The molecule has 0 spiro atoms. The Hall–Kier alpha value is -5.17. The van der Waals surface area contributed by atoms with E-state index in [1.54, 1.807) is 18.3 Å². The van der Waals surface area contributed by atoms with Crippen molar-refractivity contribution in [3.8, 4) is 28.8 Å². The third-order valence-corrected chi connectivity index (χ3v) is 8.01. The van der Waals surface area contributed by atoms with E-state index in [2.05, 4.69) is 69.5 Å². The number of hydrogen-bond donors (Lipinski definition) is 2. The summed E-state index contributed by atoms with van der Waals surface area (Å²) in [5.74, 6) is 5.58. The van der Waals surface area contributed by atoms with Gasteiger partial charge in [0.25, 0.3) is 0 Å². The van der Waals surface area contributed by atoms with Gasteiger partial charge in [0.15, 0.2) is 12.0 Å². The van der Waals surface area contributed by atoms with E-state index in [1.807, 2.05) is 36.4 Å². The first kappa shape index (κ1) is 34.7. The average molecular weight is 632 g/mol. The molecule has 1 aliphatic rings. The molecule has 9 heteroatoms. The maximum Gasteiger partial charge on any atom is 0.356 e. The molecule has 0 radical (unpaired) electrons.